The first-order valence-corrected chi connectivity index (χ1v) is 9.87. The molecule has 156 valence electrons. The smallest absolute Gasteiger partial charge is 0.264 e. The Morgan fingerprint density at radius 2 is 1.74 bits per heavy atom. The maximum Gasteiger partial charge on any atom is 0.264 e. The summed E-state index contributed by atoms with van der Waals surface area (Å²) in [5.74, 6) is -0.469. The number of fused-ring (bicyclic) bond motifs is 1. The largest absolute Gasteiger partial charge is 0.326 e. The molecule has 0 bridgehead atoms. The molecule has 4 rings (SSSR count). The van der Waals surface area contributed by atoms with Gasteiger partial charge in [-0.2, -0.15) is 5.10 Å². The number of nitrogens with zero attached hydrogens (tertiary/aromatic N) is 4. The van der Waals surface area contributed by atoms with Gasteiger partial charge in [0.15, 0.2) is 11.4 Å². The second-order valence-electron chi connectivity index (χ2n) is 7.45. The second kappa shape index (κ2) is 8.35. The van der Waals surface area contributed by atoms with Gasteiger partial charge in [-0.25, -0.2) is 9.67 Å². The van der Waals surface area contributed by atoms with Crippen LogP contribution in [-0.2, 0) is 11.3 Å². The van der Waals surface area contributed by atoms with Crippen LogP contribution in [0.25, 0.3) is 16.7 Å². The highest BCUT2D eigenvalue weighted by molar-refractivity contribution is 5.97. The van der Waals surface area contributed by atoms with E-state index in [2.05, 4.69) is 15.4 Å². The van der Waals surface area contributed by atoms with Gasteiger partial charge in [-0.1, -0.05) is 32.0 Å². The molecule has 1 N–H and O–H groups in total. The molecular formula is C23H21N5O3. The van der Waals surface area contributed by atoms with Crippen molar-refractivity contribution in [2.45, 2.75) is 20.4 Å². The second-order valence-corrected chi connectivity index (χ2v) is 7.45. The first-order chi connectivity index (χ1) is 14.9. The van der Waals surface area contributed by atoms with Crippen LogP contribution in [0.15, 0.2) is 71.9 Å². The van der Waals surface area contributed by atoms with Crippen LogP contribution in [0, 0.1) is 5.92 Å². The van der Waals surface area contributed by atoms with Crippen LogP contribution in [0.4, 0.5) is 5.69 Å². The van der Waals surface area contributed by atoms with E-state index < -0.39 is 0 Å². The lowest BCUT2D eigenvalue weighted by Crippen LogP contribution is -2.24. The summed E-state index contributed by atoms with van der Waals surface area (Å²) in [4.78, 5) is 41.7. The van der Waals surface area contributed by atoms with Gasteiger partial charge in [0.05, 0.1) is 18.4 Å². The molecule has 0 saturated heterocycles. The molecule has 0 radical (unpaired) electrons. The summed E-state index contributed by atoms with van der Waals surface area (Å²) in [5, 5.41) is 7.39. The number of aromatic nitrogens is 4. The van der Waals surface area contributed by atoms with Crippen molar-refractivity contribution in [1.29, 1.82) is 0 Å². The molecule has 2 heterocycles. The lowest BCUT2D eigenvalue weighted by atomic mass is 10.1. The van der Waals surface area contributed by atoms with Gasteiger partial charge in [0.25, 0.3) is 5.56 Å². The Hall–Kier alpha value is -4.07. The van der Waals surface area contributed by atoms with Crippen LogP contribution >= 0.6 is 0 Å². The Balaban J connectivity index is 1.55. The van der Waals surface area contributed by atoms with Crippen LogP contribution in [-0.4, -0.2) is 31.0 Å². The minimum Gasteiger partial charge on any atom is -0.326 e. The van der Waals surface area contributed by atoms with Crippen LogP contribution in [0.1, 0.15) is 24.2 Å². The molecule has 2 aromatic heterocycles. The minimum atomic E-state index is -0.332. The monoisotopic (exact) mass is 415 g/mol. The fraction of sp³-hybridized carbons (Fsp3) is 0.174. The van der Waals surface area contributed by atoms with Gasteiger partial charge in [-0.3, -0.25) is 19.0 Å². The fourth-order valence-electron chi connectivity index (χ4n) is 3.09. The zero-order chi connectivity index (χ0) is 22.0. The number of carbonyl (C=O) groups excluding carboxylic acids is 2. The highest BCUT2D eigenvalue weighted by Crippen LogP contribution is 2.14. The van der Waals surface area contributed by atoms with E-state index in [0.717, 1.165) is 5.69 Å². The number of Topliss-reactive ketones (excluding diaryl/α,β-unsaturated/α-hetero) is 1. The lowest BCUT2D eigenvalue weighted by molar-refractivity contribution is -0.118. The van der Waals surface area contributed by atoms with Crippen LogP contribution in [0.3, 0.4) is 0 Å². The number of rotatable bonds is 6. The SMILES string of the molecule is CC(C)C(=O)Nc1ccc(C(=O)Cn2cnc3c(cnn3-c3ccccc3)c2=O)cc1. The molecular weight excluding hydrogens is 394 g/mol. The van der Waals surface area contributed by atoms with E-state index in [9.17, 15) is 14.4 Å². The van der Waals surface area contributed by atoms with Crippen molar-refractivity contribution < 1.29 is 9.59 Å². The van der Waals surface area contributed by atoms with Crippen molar-refractivity contribution in [3.63, 3.8) is 0 Å². The molecule has 8 heteroatoms. The molecule has 31 heavy (non-hydrogen) atoms. The van der Waals surface area contributed by atoms with Crippen molar-refractivity contribution in [3.05, 3.63) is 83.0 Å². The number of para-hydroxylation sites is 1. The Bertz CT molecular complexity index is 1300. The van der Waals surface area contributed by atoms with E-state index >= 15 is 0 Å². The number of hydrogen-bond donors (Lipinski definition) is 1. The topological polar surface area (TPSA) is 98.9 Å². The Morgan fingerprint density at radius 3 is 2.42 bits per heavy atom. The normalized spacial score (nSPS) is 11.1. The first kappa shape index (κ1) is 20.2. The quantitative estimate of drug-likeness (QED) is 0.488. The Labute approximate surface area is 178 Å². The molecule has 8 nitrogen and oxygen atoms in total. The number of amides is 1. The predicted molar refractivity (Wildman–Crippen MR) is 117 cm³/mol. The summed E-state index contributed by atoms with van der Waals surface area (Å²) in [6.45, 7) is 3.47. The number of ketones is 1. The zero-order valence-corrected chi connectivity index (χ0v) is 17.1. The van der Waals surface area contributed by atoms with E-state index in [1.165, 1.54) is 17.1 Å². The van der Waals surface area contributed by atoms with E-state index in [1.807, 2.05) is 30.3 Å². The Kier molecular flexibility index (Phi) is 5.44. The molecule has 1 amide bonds. The van der Waals surface area contributed by atoms with E-state index in [1.54, 1.807) is 42.8 Å². The van der Waals surface area contributed by atoms with E-state index in [-0.39, 0.29) is 29.7 Å². The third kappa shape index (κ3) is 4.13. The maximum atomic E-state index is 12.8. The summed E-state index contributed by atoms with van der Waals surface area (Å²) in [7, 11) is 0. The van der Waals surface area contributed by atoms with Crippen molar-refractivity contribution in [2.24, 2.45) is 5.92 Å². The van der Waals surface area contributed by atoms with E-state index in [4.69, 9.17) is 0 Å². The highest BCUT2D eigenvalue weighted by atomic mass is 16.2. The van der Waals surface area contributed by atoms with Gasteiger partial charge >= 0.3 is 0 Å². The molecule has 0 unspecified atom stereocenters. The van der Waals surface area contributed by atoms with Gasteiger partial charge in [0, 0.05) is 17.2 Å². The summed E-state index contributed by atoms with van der Waals surface area (Å²) >= 11 is 0. The molecule has 0 atom stereocenters. The average molecular weight is 415 g/mol. The number of hydrogen-bond acceptors (Lipinski definition) is 5. The number of nitrogens with one attached hydrogen (secondary N) is 1. The van der Waals surface area contributed by atoms with E-state index in [0.29, 0.717) is 22.3 Å². The third-order valence-electron chi connectivity index (χ3n) is 4.87. The van der Waals surface area contributed by atoms with Gasteiger partial charge in [-0.15, -0.1) is 0 Å². The van der Waals surface area contributed by atoms with Crippen LogP contribution in [0.5, 0.6) is 0 Å². The van der Waals surface area contributed by atoms with Gasteiger partial charge in [-0.05, 0) is 36.4 Å². The standard InChI is InChI=1S/C23H21N5O3/c1-15(2)22(30)26-17-10-8-16(9-11-17)20(29)13-27-14-24-21-19(23(27)31)12-25-28(21)18-6-4-3-5-7-18/h3-12,14-15H,13H2,1-2H3,(H,26,30). The number of anilines is 1. The minimum absolute atomic E-state index is 0.0962. The van der Waals surface area contributed by atoms with Crippen molar-refractivity contribution in [1.82, 2.24) is 19.3 Å². The average Bonchev–Trinajstić information content (AvgIpc) is 3.21. The summed E-state index contributed by atoms with van der Waals surface area (Å²) < 4.78 is 2.86. The molecule has 2 aromatic carbocycles. The molecule has 4 aromatic rings. The summed E-state index contributed by atoms with van der Waals surface area (Å²) in [6.07, 6.45) is 2.83. The molecule has 0 aliphatic rings. The number of carbonyl (C=O) groups is 2. The summed E-state index contributed by atoms with van der Waals surface area (Å²) in [5.41, 5.74) is 1.95. The van der Waals surface area contributed by atoms with Gasteiger partial charge in [0.1, 0.15) is 11.7 Å². The summed E-state index contributed by atoms with van der Waals surface area (Å²) in [6, 6.07) is 16.0. The first-order valence-electron chi connectivity index (χ1n) is 9.87. The molecule has 0 spiro atoms. The lowest BCUT2D eigenvalue weighted by Gasteiger charge is -2.09. The van der Waals surface area contributed by atoms with Crippen molar-refractivity contribution >= 4 is 28.4 Å². The number of benzene rings is 2. The molecule has 0 aliphatic heterocycles. The fourth-order valence-corrected chi connectivity index (χ4v) is 3.09. The van der Waals surface area contributed by atoms with Crippen LogP contribution in [0.2, 0.25) is 0 Å². The zero-order valence-electron chi connectivity index (χ0n) is 17.1. The third-order valence-corrected chi connectivity index (χ3v) is 4.87. The maximum absolute atomic E-state index is 12.8. The molecule has 0 aliphatic carbocycles. The van der Waals surface area contributed by atoms with Crippen LogP contribution < -0.4 is 10.9 Å². The van der Waals surface area contributed by atoms with Gasteiger partial charge in [0.2, 0.25) is 5.91 Å². The van der Waals surface area contributed by atoms with Crippen molar-refractivity contribution in [3.8, 4) is 5.69 Å². The van der Waals surface area contributed by atoms with Gasteiger partial charge < -0.3 is 5.32 Å². The highest BCUT2D eigenvalue weighted by Gasteiger charge is 2.14. The molecule has 0 saturated carbocycles. The van der Waals surface area contributed by atoms with Crippen molar-refractivity contribution in [2.75, 3.05) is 5.32 Å². The predicted octanol–water partition coefficient (Wildman–Crippen LogP) is 3.06. The Morgan fingerprint density at radius 1 is 1.03 bits per heavy atom. The molecule has 0 fully saturated rings.